The van der Waals surface area contributed by atoms with Gasteiger partial charge < -0.3 is 10.2 Å². The minimum atomic E-state index is -3.79. The maximum atomic E-state index is 13.3. The molecule has 1 aliphatic rings. The highest BCUT2D eigenvalue weighted by atomic mass is 32.2. The highest BCUT2D eigenvalue weighted by Crippen LogP contribution is 2.24. The van der Waals surface area contributed by atoms with Gasteiger partial charge in [-0.25, -0.2) is 8.42 Å². The molecule has 4 rings (SSSR count). The van der Waals surface area contributed by atoms with Gasteiger partial charge in [0.2, 0.25) is 15.9 Å². The van der Waals surface area contributed by atoms with E-state index in [-0.39, 0.29) is 41.4 Å². The molecule has 3 aromatic carbocycles. The third-order valence-corrected chi connectivity index (χ3v) is 8.13. The van der Waals surface area contributed by atoms with E-state index in [1.807, 2.05) is 61.5 Å². The maximum Gasteiger partial charge on any atom is 0.252 e. The number of benzene rings is 3. The van der Waals surface area contributed by atoms with Gasteiger partial charge in [-0.15, -0.1) is 0 Å². The Hall–Kier alpha value is -3.49. The van der Waals surface area contributed by atoms with Crippen LogP contribution in [-0.2, 0) is 14.8 Å². The molecule has 182 valence electrons. The molecule has 0 aliphatic carbocycles. The Morgan fingerprint density at radius 3 is 2.09 bits per heavy atom. The number of aryl methyl sites for hydroxylation is 1. The molecule has 35 heavy (non-hydrogen) atoms. The first-order chi connectivity index (χ1) is 16.8. The van der Waals surface area contributed by atoms with Gasteiger partial charge in [0.15, 0.2) is 0 Å². The van der Waals surface area contributed by atoms with Gasteiger partial charge in [-0.1, -0.05) is 66.2 Å². The van der Waals surface area contributed by atoms with Gasteiger partial charge in [-0.2, -0.15) is 4.31 Å². The fourth-order valence-electron chi connectivity index (χ4n) is 4.17. The molecule has 1 fully saturated rings. The largest absolute Gasteiger partial charge is 0.341 e. The fraction of sp³-hybridized carbons (Fsp3) is 0.259. The van der Waals surface area contributed by atoms with Crippen molar-refractivity contribution in [2.75, 3.05) is 26.2 Å². The molecule has 1 aliphatic heterocycles. The molecule has 8 heteroatoms. The molecule has 0 spiro atoms. The van der Waals surface area contributed by atoms with Gasteiger partial charge >= 0.3 is 0 Å². The summed E-state index contributed by atoms with van der Waals surface area (Å²) in [6.07, 6.45) is 0. The quantitative estimate of drug-likeness (QED) is 0.573. The second kappa shape index (κ2) is 10.4. The molecule has 1 unspecified atom stereocenters. The van der Waals surface area contributed by atoms with E-state index < -0.39 is 10.0 Å². The fourth-order valence-corrected chi connectivity index (χ4v) is 5.64. The summed E-state index contributed by atoms with van der Waals surface area (Å²) in [5.74, 6) is -0.430. The lowest BCUT2D eigenvalue weighted by Gasteiger charge is -2.33. The molecule has 1 saturated heterocycles. The predicted molar refractivity (Wildman–Crippen MR) is 134 cm³/mol. The maximum absolute atomic E-state index is 13.3. The molecule has 7 nitrogen and oxygen atoms in total. The Balaban J connectivity index is 1.57. The van der Waals surface area contributed by atoms with E-state index in [4.69, 9.17) is 0 Å². The Labute approximate surface area is 206 Å². The van der Waals surface area contributed by atoms with E-state index in [1.165, 1.54) is 23.4 Å². The first-order valence-corrected chi connectivity index (χ1v) is 13.0. The Kier molecular flexibility index (Phi) is 7.33. The first kappa shape index (κ1) is 24.6. The van der Waals surface area contributed by atoms with Crippen LogP contribution in [0, 0.1) is 6.92 Å². The Bertz CT molecular complexity index is 1300. The molecule has 0 bridgehead atoms. The van der Waals surface area contributed by atoms with Crippen molar-refractivity contribution < 1.29 is 18.0 Å². The molecule has 1 N–H and O–H groups in total. The predicted octanol–water partition coefficient (Wildman–Crippen LogP) is 3.37. The summed E-state index contributed by atoms with van der Waals surface area (Å²) in [6.45, 7) is 4.63. The number of piperazine rings is 1. The van der Waals surface area contributed by atoms with Crippen molar-refractivity contribution in [3.05, 3.63) is 101 Å². The zero-order valence-corrected chi connectivity index (χ0v) is 20.7. The Morgan fingerprint density at radius 2 is 1.46 bits per heavy atom. The van der Waals surface area contributed by atoms with Crippen molar-refractivity contribution in [2.24, 2.45) is 0 Å². The minimum Gasteiger partial charge on any atom is -0.341 e. The lowest BCUT2D eigenvalue weighted by Crippen LogP contribution is -2.49. The van der Waals surface area contributed by atoms with Crippen LogP contribution in [0.5, 0.6) is 0 Å². The summed E-state index contributed by atoms with van der Waals surface area (Å²) in [4.78, 5) is 26.5. The highest BCUT2D eigenvalue weighted by Gasteiger charge is 2.30. The highest BCUT2D eigenvalue weighted by molar-refractivity contribution is 7.89. The number of amides is 2. The molecule has 2 amide bonds. The number of hydrogen-bond donors (Lipinski definition) is 1. The van der Waals surface area contributed by atoms with Gasteiger partial charge in [-0.3, -0.25) is 9.59 Å². The molecule has 0 aromatic heterocycles. The molecular weight excluding hydrogens is 462 g/mol. The van der Waals surface area contributed by atoms with E-state index in [1.54, 1.807) is 17.0 Å². The van der Waals surface area contributed by atoms with Crippen LogP contribution in [0.4, 0.5) is 0 Å². The van der Waals surface area contributed by atoms with E-state index >= 15 is 0 Å². The summed E-state index contributed by atoms with van der Waals surface area (Å²) in [5, 5.41) is 3.07. The monoisotopic (exact) mass is 491 g/mol. The van der Waals surface area contributed by atoms with Crippen LogP contribution in [0.25, 0.3) is 0 Å². The van der Waals surface area contributed by atoms with Gasteiger partial charge in [-0.05, 0) is 36.2 Å². The lowest BCUT2D eigenvalue weighted by atomic mass is 9.97. The van der Waals surface area contributed by atoms with Crippen molar-refractivity contribution in [3.8, 4) is 0 Å². The molecular formula is C27H29N3O4S. The van der Waals surface area contributed by atoms with Crippen LogP contribution in [0.1, 0.15) is 40.0 Å². The number of sulfonamides is 1. The van der Waals surface area contributed by atoms with Crippen LogP contribution < -0.4 is 5.32 Å². The van der Waals surface area contributed by atoms with Crippen molar-refractivity contribution >= 4 is 21.8 Å². The smallest absolute Gasteiger partial charge is 0.252 e. The second-order valence-electron chi connectivity index (χ2n) is 8.67. The molecule has 1 heterocycles. The van der Waals surface area contributed by atoms with Gasteiger partial charge in [0, 0.05) is 38.7 Å². The number of hydrogen-bond acceptors (Lipinski definition) is 4. The van der Waals surface area contributed by atoms with Gasteiger partial charge in [0.1, 0.15) is 0 Å². The summed E-state index contributed by atoms with van der Waals surface area (Å²) >= 11 is 0. The van der Waals surface area contributed by atoms with E-state index in [0.717, 1.165) is 16.7 Å². The normalized spacial score (nSPS) is 15.4. The third kappa shape index (κ3) is 5.61. The van der Waals surface area contributed by atoms with Crippen LogP contribution in [0.3, 0.4) is 0 Å². The standard InChI is InChI=1S/C27H29N3O4S/c1-20-11-13-23(14-12-20)26(22-7-4-3-5-8-22)28-27(32)24-9-6-10-25(19-24)35(33,34)30-17-15-29(16-18-30)21(2)31/h3-14,19,26H,15-18H2,1-2H3,(H,28,32). The van der Waals surface area contributed by atoms with Gasteiger partial charge in [0.05, 0.1) is 10.9 Å². The number of nitrogens with zero attached hydrogens (tertiary/aromatic N) is 2. The average molecular weight is 492 g/mol. The zero-order chi connectivity index (χ0) is 25.0. The van der Waals surface area contributed by atoms with Crippen LogP contribution in [-0.4, -0.2) is 55.6 Å². The van der Waals surface area contributed by atoms with E-state index in [2.05, 4.69) is 5.32 Å². The summed E-state index contributed by atoms with van der Waals surface area (Å²) < 4.78 is 27.8. The van der Waals surface area contributed by atoms with Crippen molar-refractivity contribution in [1.82, 2.24) is 14.5 Å². The second-order valence-corrected chi connectivity index (χ2v) is 10.6. The molecule has 0 radical (unpaired) electrons. The summed E-state index contributed by atoms with van der Waals surface area (Å²) in [7, 11) is -3.79. The van der Waals surface area contributed by atoms with Crippen molar-refractivity contribution in [1.29, 1.82) is 0 Å². The lowest BCUT2D eigenvalue weighted by molar-refractivity contribution is -0.129. The topological polar surface area (TPSA) is 86.8 Å². The number of carbonyl (C=O) groups excluding carboxylic acids is 2. The third-order valence-electron chi connectivity index (χ3n) is 6.24. The minimum absolute atomic E-state index is 0.0630. The van der Waals surface area contributed by atoms with Crippen LogP contribution >= 0.6 is 0 Å². The summed E-state index contributed by atoms with van der Waals surface area (Å²) in [6, 6.07) is 23.3. The van der Waals surface area contributed by atoms with E-state index in [0.29, 0.717) is 13.1 Å². The number of rotatable bonds is 6. The molecule has 3 aromatic rings. The zero-order valence-electron chi connectivity index (χ0n) is 19.8. The van der Waals surface area contributed by atoms with Crippen molar-refractivity contribution in [3.63, 3.8) is 0 Å². The van der Waals surface area contributed by atoms with E-state index in [9.17, 15) is 18.0 Å². The van der Waals surface area contributed by atoms with Crippen LogP contribution in [0.15, 0.2) is 83.8 Å². The molecule has 1 atom stereocenters. The SMILES string of the molecule is CC(=O)N1CCN(S(=O)(=O)c2cccc(C(=O)NC(c3ccccc3)c3ccc(C)cc3)c2)CC1. The summed E-state index contributed by atoms with van der Waals surface area (Å²) in [5.41, 5.74) is 3.24. The number of nitrogens with one attached hydrogen (secondary N) is 1. The average Bonchev–Trinajstić information content (AvgIpc) is 2.88. The Morgan fingerprint density at radius 1 is 0.829 bits per heavy atom. The van der Waals surface area contributed by atoms with Crippen LogP contribution in [0.2, 0.25) is 0 Å². The van der Waals surface area contributed by atoms with Crippen molar-refractivity contribution in [2.45, 2.75) is 24.8 Å². The molecule has 0 saturated carbocycles. The van der Waals surface area contributed by atoms with Gasteiger partial charge in [0.25, 0.3) is 5.91 Å². The first-order valence-electron chi connectivity index (χ1n) is 11.5. The number of carbonyl (C=O) groups is 2.